The van der Waals surface area contributed by atoms with Gasteiger partial charge in [-0.15, -0.1) is 0 Å². The molecule has 1 atom stereocenters. The first-order valence-electron chi connectivity index (χ1n) is 5.79. The summed E-state index contributed by atoms with van der Waals surface area (Å²) in [7, 11) is 0. The molecule has 0 amide bonds. The van der Waals surface area contributed by atoms with Gasteiger partial charge < -0.3 is 5.73 Å². The Morgan fingerprint density at radius 2 is 2.12 bits per heavy atom. The number of benzene rings is 1. The lowest BCUT2D eigenvalue weighted by atomic mass is 10.0. The highest BCUT2D eigenvalue weighted by molar-refractivity contribution is 7.99. The third-order valence-electron chi connectivity index (χ3n) is 2.54. The van der Waals surface area contributed by atoms with Crippen LogP contribution in [-0.2, 0) is 0 Å². The van der Waals surface area contributed by atoms with Gasteiger partial charge in [-0.2, -0.15) is 11.8 Å². The lowest BCUT2D eigenvalue weighted by Gasteiger charge is -2.10. The molecule has 2 nitrogen and oxygen atoms in total. The van der Waals surface area contributed by atoms with E-state index in [1.807, 2.05) is 36.0 Å². The molecule has 92 valence electrons. The molecule has 3 heteroatoms. The van der Waals surface area contributed by atoms with Crippen LogP contribution in [-0.4, -0.2) is 23.3 Å². The second-order valence-corrected chi connectivity index (χ2v) is 5.18. The predicted molar refractivity (Wildman–Crippen MR) is 76.5 cm³/mol. The summed E-state index contributed by atoms with van der Waals surface area (Å²) in [5, 5.41) is 0. The van der Waals surface area contributed by atoms with Gasteiger partial charge in [0, 0.05) is 5.56 Å². The molecule has 0 saturated carbocycles. The van der Waals surface area contributed by atoms with E-state index in [4.69, 9.17) is 5.73 Å². The van der Waals surface area contributed by atoms with Gasteiger partial charge in [0.15, 0.2) is 5.78 Å². The molecule has 0 bridgehead atoms. The van der Waals surface area contributed by atoms with E-state index in [1.165, 1.54) is 0 Å². The number of hydrogen-bond acceptors (Lipinski definition) is 3. The highest BCUT2D eigenvalue weighted by atomic mass is 32.2. The number of carbonyl (C=O) groups excluding carboxylic acids is 1. The van der Waals surface area contributed by atoms with Crippen LogP contribution in [0.4, 0.5) is 0 Å². The maximum atomic E-state index is 12.0. The van der Waals surface area contributed by atoms with Crippen molar-refractivity contribution < 1.29 is 4.79 Å². The Kier molecular flexibility index (Phi) is 6.01. The number of nitrogens with two attached hydrogens (primary N) is 1. The van der Waals surface area contributed by atoms with E-state index in [0.29, 0.717) is 5.56 Å². The molecule has 2 N–H and O–H groups in total. The molecule has 0 unspecified atom stereocenters. The second kappa shape index (κ2) is 7.30. The lowest BCUT2D eigenvalue weighted by molar-refractivity contribution is 0.0960. The van der Waals surface area contributed by atoms with Crippen molar-refractivity contribution in [3.05, 3.63) is 42.0 Å². The van der Waals surface area contributed by atoms with Crippen LogP contribution in [0.1, 0.15) is 29.3 Å². The van der Waals surface area contributed by atoms with Crippen molar-refractivity contribution in [2.45, 2.75) is 19.4 Å². The third kappa shape index (κ3) is 4.36. The Labute approximate surface area is 107 Å². The summed E-state index contributed by atoms with van der Waals surface area (Å²) in [6.07, 6.45) is 2.49. The summed E-state index contributed by atoms with van der Waals surface area (Å²) in [5.41, 5.74) is 7.57. The molecule has 0 radical (unpaired) electrons. The van der Waals surface area contributed by atoms with E-state index >= 15 is 0 Å². The van der Waals surface area contributed by atoms with Crippen LogP contribution in [0.15, 0.2) is 30.8 Å². The van der Waals surface area contributed by atoms with E-state index in [0.717, 1.165) is 23.5 Å². The molecule has 1 rings (SSSR count). The number of carbonyl (C=O) groups is 1. The quantitative estimate of drug-likeness (QED) is 0.597. The van der Waals surface area contributed by atoms with Crippen molar-refractivity contribution in [1.82, 2.24) is 0 Å². The summed E-state index contributed by atoms with van der Waals surface area (Å²) in [4.78, 5) is 12.0. The molecule has 1 aromatic carbocycles. The Morgan fingerprint density at radius 1 is 1.47 bits per heavy atom. The van der Waals surface area contributed by atoms with Crippen molar-refractivity contribution in [1.29, 1.82) is 0 Å². The van der Waals surface area contributed by atoms with E-state index in [1.54, 1.807) is 6.08 Å². The lowest BCUT2D eigenvalue weighted by Crippen LogP contribution is -2.31. The zero-order chi connectivity index (χ0) is 12.7. The Balaban J connectivity index is 2.58. The minimum atomic E-state index is -0.386. The third-order valence-corrected chi connectivity index (χ3v) is 3.48. The maximum absolute atomic E-state index is 12.0. The minimum absolute atomic E-state index is 0.0253. The van der Waals surface area contributed by atoms with Gasteiger partial charge in [-0.05, 0) is 23.5 Å². The van der Waals surface area contributed by atoms with E-state index in [-0.39, 0.29) is 11.8 Å². The van der Waals surface area contributed by atoms with Crippen LogP contribution in [0.3, 0.4) is 0 Å². The highest BCUT2D eigenvalue weighted by Gasteiger charge is 2.14. The molecular formula is C14H19NOS. The van der Waals surface area contributed by atoms with Crippen LogP contribution in [0, 0.1) is 0 Å². The molecule has 0 fully saturated rings. The smallest absolute Gasteiger partial charge is 0.179 e. The number of hydrogen-bond donors (Lipinski definition) is 1. The predicted octanol–water partition coefficient (Wildman–Crippen LogP) is 2.98. The zero-order valence-corrected chi connectivity index (χ0v) is 11.0. The van der Waals surface area contributed by atoms with Crippen molar-refractivity contribution >= 4 is 23.6 Å². The highest BCUT2D eigenvalue weighted by Crippen LogP contribution is 2.10. The van der Waals surface area contributed by atoms with E-state index in [9.17, 15) is 4.79 Å². The summed E-state index contributed by atoms with van der Waals surface area (Å²) >= 11 is 1.81. The van der Waals surface area contributed by atoms with Gasteiger partial charge in [-0.3, -0.25) is 4.79 Å². The van der Waals surface area contributed by atoms with Gasteiger partial charge in [0.2, 0.25) is 0 Å². The van der Waals surface area contributed by atoms with Gasteiger partial charge in [0.25, 0.3) is 0 Å². The summed E-state index contributed by atoms with van der Waals surface area (Å²) in [5.74, 6) is 2.03. The topological polar surface area (TPSA) is 43.1 Å². The number of thioether (sulfide) groups is 1. The average molecular weight is 249 g/mol. The number of Topliss-reactive ketones (excluding diaryl/α,β-unsaturated/α-hetero) is 1. The van der Waals surface area contributed by atoms with Crippen molar-refractivity contribution in [3.63, 3.8) is 0 Å². The minimum Gasteiger partial charge on any atom is -0.321 e. The molecule has 0 aliphatic carbocycles. The van der Waals surface area contributed by atoms with Crippen molar-refractivity contribution in [2.24, 2.45) is 5.73 Å². The molecule has 0 aliphatic heterocycles. The van der Waals surface area contributed by atoms with Gasteiger partial charge in [0.05, 0.1) is 6.04 Å². The molecular weight excluding hydrogens is 230 g/mol. The van der Waals surface area contributed by atoms with E-state index in [2.05, 4.69) is 13.5 Å². The zero-order valence-electron chi connectivity index (χ0n) is 10.2. The van der Waals surface area contributed by atoms with Gasteiger partial charge in [0.1, 0.15) is 0 Å². The molecule has 1 aromatic rings. The Morgan fingerprint density at radius 3 is 2.65 bits per heavy atom. The van der Waals surface area contributed by atoms with Crippen molar-refractivity contribution in [3.8, 4) is 0 Å². The first-order chi connectivity index (χ1) is 8.19. The molecule has 0 aromatic heterocycles. The monoisotopic (exact) mass is 249 g/mol. The SMILES string of the molecule is C=Cc1ccc(C(=O)[C@@H](N)CCSCC)cc1. The van der Waals surface area contributed by atoms with Crippen molar-refractivity contribution in [2.75, 3.05) is 11.5 Å². The molecule has 17 heavy (non-hydrogen) atoms. The van der Waals surface area contributed by atoms with E-state index < -0.39 is 0 Å². The molecule has 0 aliphatic rings. The number of ketones is 1. The van der Waals surface area contributed by atoms with Crippen LogP contribution in [0.5, 0.6) is 0 Å². The Bertz CT molecular complexity index is 372. The van der Waals surface area contributed by atoms with Crippen LogP contribution < -0.4 is 5.73 Å². The fourth-order valence-electron chi connectivity index (χ4n) is 1.48. The fraction of sp³-hybridized carbons (Fsp3) is 0.357. The molecule has 0 heterocycles. The summed E-state index contributed by atoms with van der Waals surface area (Å²) in [6, 6.07) is 7.00. The fourth-order valence-corrected chi connectivity index (χ4v) is 2.19. The van der Waals surface area contributed by atoms with Gasteiger partial charge >= 0.3 is 0 Å². The summed E-state index contributed by atoms with van der Waals surface area (Å²) in [6.45, 7) is 5.78. The normalized spacial score (nSPS) is 12.1. The van der Waals surface area contributed by atoms with Gasteiger partial charge in [-0.1, -0.05) is 43.8 Å². The van der Waals surface area contributed by atoms with Crippen LogP contribution in [0.2, 0.25) is 0 Å². The number of rotatable bonds is 7. The first kappa shape index (κ1) is 14.0. The second-order valence-electron chi connectivity index (χ2n) is 3.78. The molecule has 0 spiro atoms. The van der Waals surface area contributed by atoms with Crippen LogP contribution >= 0.6 is 11.8 Å². The Hall–Kier alpha value is -1.06. The largest absolute Gasteiger partial charge is 0.321 e. The summed E-state index contributed by atoms with van der Waals surface area (Å²) < 4.78 is 0. The van der Waals surface area contributed by atoms with Gasteiger partial charge in [-0.25, -0.2) is 0 Å². The first-order valence-corrected chi connectivity index (χ1v) is 6.94. The average Bonchev–Trinajstić information content (AvgIpc) is 2.38. The molecule has 0 saturated heterocycles. The maximum Gasteiger partial charge on any atom is 0.179 e. The van der Waals surface area contributed by atoms with Crippen LogP contribution in [0.25, 0.3) is 6.08 Å². The standard InChI is InChI=1S/C14H19NOS/c1-3-11-5-7-12(8-6-11)14(16)13(15)9-10-17-4-2/h3,5-8,13H,1,4,9-10,15H2,2H3/t13-/m0/s1.